The summed E-state index contributed by atoms with van der Waals surface area (Å²) in [6.45, 7) is 0.951. The standard InChI is InChI=1S/C8H14N4O2S/c1-11-6-7(9)8(10-11)12-2-4-15(13,14)5-3-12/h6H,2-5,9H2,1H3. The topological polar surface area (TPSA) is 81.2 Å². The molecule has 0 aromatic carbocycles. The maximum Gasteiger partial charge on any atom is 0.173 e. The van der Waals surface area contributed by atoms with Gasteiger partial charge in [0.1, 0.15) is 0 Å². The Morgan fingerprint density at radius 1 is 1.40 bits per heavy atom. The van der Waals surface area contributed by atoms with E-state index in [0.717, 1.165) is 0 Å². The van der Waals surface area contributed by atoms with Gasteiger partial charge in [-0.25, -0.2) is 8.42 Å². The quantitative estimate of drug-likeness (QED) is 0.685. The van der Waals surface area contributed by atoms with Crippen LogP contribution < -0.4 is 10.6 Å². The van der Waals surface area contributed by atoms with E-state index < -0.39 is 9.84 Å². The van der Waals surface area contributed by atoms with Crippen LogP contribution in [0.1, 0.15) is 0 Å². The molecule has 1 aromatic rings. The molecular formula is C8H14N4O2S. The summed E-state index contributed by atoms with van der Waals surface area (Å²) >= 11 is 0. The molecule has 1 aliphatic heterocycles. The molecule has 0 saturated carbocycles. The third-order valence-electron chi connectivity index (χ3n) is 2.48. The van der Waals surface area contributed by atoms with Crippen LogP contribution in [0.2, 0.25) is 0 Å². The number of nitrogens with two attached hydrogens (primary N) is 1. The second-order valence-electron chi connectivity index (χ2n) is 3.72. The first kappa shape index (κ1) is 10.3. The predicted octanol–water partition coefficient (Wildman–Crippen LogP) is -0.763. The smallest absolute Gasteiger partial charge is 0.173 e. The number of sulfone groups is 1. The Kier molecular flexibility index (Phi) is 2.34. The van der Waals surface area contributed by atoms with E-state index >= 15 is 0 Å². The Balaban J connectivity index is 2.17. The molecule has 1 aliphatic rings. The minimum Gasteiger partial charge on any atom is -0.394 e. The first-order valence-corrected chi connectivity index (χ1v) is 6.54. The summed E-state index contributed by atoms with van der Waals surface area (Å²) in [5, 5.41) is 4.20. The van der Waals surface area contributed by atoms with Crippen molar-refractivity contribution in [2.24, 2.45) is 7.05 Å². The first-order chi connectivity index (χ1) is 6.98. The summed E-state index contributed by atoms with van der Waals surface area (Å²) in [6, 6.07) is 0. The fourth-order valence-electron chi connectivity index (χ4n) is 1.67. The molecule has 84 valence electrons. The van der Waals surface area contributed by atoms with Crippen molar-refractivity contribution < 1.29 is 8.42 Å². The molecule has 6 nitrogen and oxygen atoms in total. The Morgan fingerprint density at radius 2 is 2.00 bits per heavy atom. The zero-order chi connectivity index (χ0) is 11.1. The van der Waals surface area contributed by atoms with Gasteiger partial charge in [-0.15, -0.1) is 0 Å². The third-order valence-corrected chi connectivity index (χ3v) is 4.09. The van der Waals surface area contributed by atoms with Crippen LogP contribution in [-0.4, -0.2) is 42.8 Å². The van der Waals surface area contributed by atoms with Gasteiger partial charge in [0.05, 0.1) is 17.2 Å². The van der Waals surface area contributed by atoms with Crippen LogP contribution in [0, 0.1) is 0 Å². The number of nitrogens with zero attached hydrogens (tertiary/aromatic N) is 3. The van der Waals surface area contributed by atoms with Crippen molar-refractivity contribution in [1.82, 2.24) is 9.78 Å². The molecule has 2 rings (SSSR count). The van der Waals surface area contributed by atoms with Crippen LogP contribution in [0.3, 0.4) is 0 Å². The van der Waals surface area contributed by atoms with Crippen LogP contribution in [0.15, 0.2) is 6.20 Å². The highest BCUT2D eigenvalue weighted by atomic mass is 32.2. The lowest BCUT2D eigenvalue weighted by Crippen LogP contribution is -2.40. The van der Waals surface area contributed by atoms with Gasteiger partial charge < -0.3 is 10.6 Å². The number of rotatable bonds is 1. The maximum absolute atomic E-state index is 11.2. The zero-order valence-electron chi connectivity index (χ0n) is 8.55. The highest BCUT2D eigenvalue weighted by Crippen LogP contribution is 2.21. The lowest BCUT2D eigenvalue weighted by Gasteiger charge is -2.26. The zero-order valence-corrected chi connectivity index (χ0v) is 9.37. The van der Waals surface area contributed by atoms with E-state index in [0.29, 0.717) is 24.6 Å². The van der Waals surface area contributed by atoms with E-state index in [2.05, 4.69) is 5.10 Å². The van der Waals surface area contributed by atoms with E-state index in [1.807, 2.05) is 4.90 Å². The number of aromatic nitrogens is 2. The van der Waals surface area contributed by atoms with Gasteiger partial charge in [-0.3, -0.25) is 4.68 Å². The van der Waals surface area contributed by atoms with Gasteiger partial charge >= 0.3 is 0 Å². The number of hydrogen-bond acceptors (Lipinski definition) is 5. The SMILES string of the molecule is Cn1cc(N)c(N2CCS(=O)(=O)CC2)n1. The van der Waals surface area contributed by atoms with Crippen LogP contribution in [-0.2, 0) is 16.9 Å². The third kappa shape index (κ3) is 2.06. The normalized spacial score (nSPS) is 20.5. The van der Waals surface area contributed by atoms with Crippen molar-refractivity contribution in [2.75, 3.05) is 35.2 Å². The van der Waals surface area contributed by atoms with Crippen molar-refractivity contribution in [3.8, 4) is 0 Å². The minimum atomic E-state index is -2.85. The molecule has 0 spiro atoms. The predicted molar refractivity (Wildman–Crippen MR) is 58.5 cm³/mol. The number of aryl methyl sites for hydroxylation is 1. The van der Waals surface area contributed by atoms with E-state index in [4.69, 9.17) is 5.73 Å². The molecule has 2 N–H and O–H groups in total. The lowest BCUT2D eigenvalue weighted by molar-refractivity contribution is 0.586. The fraction of sp³-hybridized carbons (Fsp3) is 0.625. The van der Waals surface area contributed by atoms with Crippen molar-refractivity contribution in [1.29, 1.82) is 0 Å². The molecule has 0 atom stereocenters. The Bertz CT molecular complexity index is 451. The van der Waals surface area contributed by atoms with Crippen molar-refractivity contribution >= 4 is 21.3 Å². The van der Waals surface area contributed by atoms with Gasteiger partial charge in [-0.1, -0.05) is 0 Å². The number of nitrogen functional groups attached to an aromatic ring is 1. The second-order valence-corrected chi connectivity index (χ2v) is 6.02. The minimum absolute atomic E-state index is 0.184. The summed E-state index contributed by atoms with van der Waals surface area (Å²) in [5.74, 6) is 1.05. The average molecular weight is 230 g/mol. The maximum atomic E-state index is 11.2. The van der Waals surface area contributed by atoms with Gasteiger partial charge in [-0.2, -0.15) is 5.10 Å². The number of hydrogen-bond donors (Lipinski definition) is 1. The Hall–Kier alpha value is -1.24. The van der Waals surface area contributed by atoms with Crippen LogP contribution in [0.4, 0.5) is 11.5 Å². The summed E-state index contributed by atoms with van der Waals surface area (Å²) in [7, 11) is -1.05. The molecule has 1 saturated heterocycles. The van der Waals surface area contributed by atoms with E-state index in [1.165, 1.54) is 0 Å². The molecular weight excluding hydrogens is 216 g/mol. The molecule has 0 unspecified atom stereocenters. The molecule has 1 aromatic heterocycles. The molecule has 0 amide bonds. The molecule has 0 aliphatic carbocycles. The second kappa shape index (κ2) is 3.41. The summed E-state index contributed by atoms with van der Waals surface area (Å²) in [4.78, 5) is 1.91. The highest BCUT2D eigenvalue weighted by Gasteiger charge is 2.24. The van der Waals surface area contributed by atoms with E-state index in [-0.39, 0.29) is 11.5 Å². The summed E-state index contributed by atoms with van der Waals surface area (Å²) in [5.41, 5.74) is 6.36. The van der Waals surface area contributed by atoms with Crippen molar-refractivity contribution in [3.05, 3.63) is 6.20 Å². The monoisotopic (exact) mass is 230 g/mol. The Morgan fingerprint density at radius 3 is 2.47 bits per heavy atom. The molecule has 0 radical (unpaired) electrons. The molecule has 1 fully saturated rings. The average Bonchev–Trinajstić information content (AvgIpc) is 2.45. The van der Waals surface area contributed by atoms with Crippen LogP contribution in [0.5, 0.6) is 0 Å². The highest BCUT2D eigenvalue weighted by molar-refractivity contribution is 7.91. The van der Waals surface area contributed by atoms with Gasteiger partial charge in [0.25, 0.3) is 0 Å². The summed E-state index contributed by atoms with van der Waals surface area (Å²) in [6.07, 6.45) is 1.72. The fourth-order valence-corrected chi connectivity index (χ4v) is 2.87. The first-order valence-electron chi connectivity index (χ1n) is 4.72. The van der Waals surface area contributed by atoms with Crippen molar-refractivity contribution in [2.45, 2.75) is 0 Å². The molecule has 0 bridgehead atoms. The molecule has 7 heteroatoms. The van der Waals surface area contributed by atoms with Gasteiger partial charge in [0.15, 0.2) is 15.7 Å². The van der Waals surface area contributed by atoms with Gasteiger partial charge in [-0.05, 0) is 0 Å². The lowest BCUT2D eigenvalue weighted by atomic mass is 10.4. The largest absolute Gasteiger partial charge is 0.394 e. The summed E-state index contributed by atoms with van der Waals surface area (Å²) < 4.78 is 24.1. The van der Waals surface area contributed by atoms with Gasteiger partial charge in [0.2, 0.25) is 0 Å². The van der Waals surface area contributed by atoms with E-state index in [9.17, 15) is 8.42 Å². The number of anilines is 2. The Labute approximate surface area is 88.6 Å². The van der Waals surface area contributed by atoms with Crippen molar-refractivity contribution in [3.63, 3.8) is 0 Å². The van der Waals surface area contributed by atoms with Gasteiger partial charge in [0, 0.05) is 26.3 Å². The molecule has 15 heavy (non-hydrogen) atoms. The van der Waals surface area contributed by atoms with E-state index in [1.54, 1.807) is 17.9 Å². The molecule has 2 heterocycles. The van der Waals surface area contributed by atoms with Crippen LogP contribution >= 0.6 is 0 Å². The van der Waals surface area contributed by atoms with Crippen LogP contribution in [0.25, 0.3) is 0 Å².